The minimum atomic E-state index is -0.669. The van der Waals surface area contributed by atoms with Crippen LogP contribution in [-0.4, -0.2) is 36.8 Å². The lowest BCUT2D eigenvalue weighted by atomic mass is 9.94. The number of phenolic OH excluding ortho intramolecular Hbond substituents is 1. The number of rotatable bonds is 7. The Labute approximate surface area is 162 Å². The molecule has 8 heteroatoms. The molecule has 1 aliphatic heterocycles. The average Bonchev–Trinajstić information content (AvgIpc) is 3.14. The van der Waals surface area contributed by atoms with Gasteiger partial charge in [-0.1, -0.05) is 13.0 Å². The number of phenols is 1. The number of methoxy groups -OCH3 is 1. The van der Waals surface area contributed by atoms with E-state index in [1.54, 1.807) is 30.3 Å². The highest BCUT2D eigenvalue weighted by Gasteiger charge is 2.25. The van der Waals surface area contributed by atoms with Gasteiger partial charge in [-0.2, -0.15) is 0 Å². The normalized spacial score (nSPS) is 14.2. The number of aromatic hydroxyl groups is 1. The van der Waals surface area contributed by atoms with E-state index in [1.807, 2.05) is 6.92 Å². The Balaban J connectivity index is 1.75. The molecule has 2 atom stereocenters. The first-order chi connectivity index (χ1) is 13.5. The second kappa shape index (κ2) is 8.71. The van der Waals surface area contributed by atoms with E-state index in [0.29, 0.717) is 34.9 Å². The number of benzene rings is 2. The second-order valence-corrected chi connectivity index (χ2v) is 6.44. The number of anilines is 1. The van der Waals surface area contributed by atoms with Gasteiger partial charge in [-0.05, 0) is 42.2 Å². The van der Waals surface area contributed by atoms with Gasteiger partial charge in [0.2, 0.25) is 6.79 Å². The van der Waals surface area contributed by atoms with Crippen molar-refractivity contribution in [2.24, 2.45) is 5.92 Å². The van der Waals surface area contributed by atoms with Crippen molar-refractivity contribution in [1.29, 1.82) is 0 Å². The molecule has 1 amide bonds. The van der Waals surface area contributed by atoms with Gasteiger partial charge in [-0.15, -0.1) is 0 Å². The van der Waals surface area contributed by atoms with Crippen molar-refractivity contribution in [2.75, 3.05) is 25.8 Å². The number of nitrogens with one attached hydrogen (secondary N) is 1. The SMILES string of the molecule is COc1ccc([C@H](OC(=O)Nc2ccc3c(c2)OCO3)[C@@H](C)CCO)cc1O. The van der Waals surface area contributed by atoms with Crippen molar-refractivity contribution in [1.82, 2.24) is 0 Å². The van der Waals surface area contributed by atoms with E-state index in [4.69, 9.17) is 18.9 Å². The van der Waals surface area contributed by atoms with Crippen molar-refractivity contribution in [3.05, 3.63) is 42.0 Å². The molecule has 0 aromatic heterocycles. The molecule has 150 valence electrons. The Bertz CT molecular complexity index is 839. The van der Waals surface area contributed by atoms with E-state index in [9.17, 15) is 15.0 Å². The molecule has 1 aliphatic rings. The Morgan fingerprint density at radius 1 is 1.21 bits per heavy atom. The van der Waals surface area contributed by atoms with Crippen molar-refractivity contribution in [2.45, 2.75) is 19.4 Å². The molecular weight excluding hydrogens is 366 g/mol. The molecule has 0 saturated heterocycles. The number of fused-ring (bicyclic) bond motifs is 1. The first kappa shape index (κ1) is 19.6. The summed E-state index contributed by atoms with van der Waals surface area (Å²) >= 11 is 0. The topological polar surface area (TPSA) is 106 Å². The molecule has 28 heavy (non-hydrogen) atoms. The third-order valence-electron chi connectivity index (χ3n) is 4.49. The zero-order valence-electron chi connectivity index (χ0n) is 15.7. The van der Waals surface area contributed by atoms with E-state index < -0.39 is 12.2 Å². The van der Waals surface area contributed by atoms with Crippen molar-refractivity contribution < 1.29 is 34.0 Å². The van der Waals surface area contributed by atoms with Crippen LogP contribution in [0, 0.1) is 5.92 Å². The quantitative estimate of drug-likeness (QED) is 0.666. The van der Waals surface area contributed by atoms with Gasteiger partial charge >= 0.3 is 6.09 Å². The first-order valence-corrected chi connectivity index (χ1v) is 8.87. The number of carbonyl (C=O) groups is 1. The molecule has 0 radical (unpaired) electrons. The van der Waals surface area contributed by atoms with Crippen LogP contribution in [0.4, 0.5) is 10.5 Å². The Morgan fingerprint density at radius 3 is 2.71 bits per heavy atom. The summed E-state index contributed by atoms with van der Waals surface area (Å²) in [4.78, 5) is 12.5. The summed E-state index contributed by atoms with van der Waals surface area (Å²) < 4.78 is 21.2. The zero-order chi connectivity index (χ0) is 20.1. The molecule has 2 aromatic carbocycles. The van der Waals surface area contributed by atoms with Crippen LogP contribution in [0.5, 0.6) is 23.0 Å². The molecule has 0 fully saturated rings. The molecule has 3 N–H and O–H groups in total. The fraction of sp³-hybridized carbons (Fsp3) is 0.350. The molecule has 8 nitrogen and oxygen atoms in total. The van der Waals surface area contributed by atoms with Gasteiger partial charge in [-0.3, -0.25) is 5.32 Å². The monoisotopic (exact) mass is 389 g/mol. The highest BCUT2D eigenvalue weighted by atomic mass is 16.7. The summed E-state index contributed by atoms with van der Waals surface area (Å²) in [7, 11) is 1.45. The van der Waals surface area contributed by atoms with Crippen molar-refractivity contribution in [3.8, 4) is 23.0 Å². The van der Waals surface area contributed by atoms with Gasteiger partial charge in [0.15, 0.2) is 23.0 Å². The van der Waals surface area contributed by atoms with E-state index >= 15 is 0 Å². The molecule has 0 spiro atoms. The van der Waals surface area contributed by atoms with Gasteiger partial charge in [-0.25, -0.2) is 4.79 Å². The Hall–Kier alpha value is -3.13. The minimum absolute atomic E-state index is 0.0487. The standard InChI is InChI=1S/C20H23NO7/c1-12(7-8-22)19(13-3-5-16(25-2)15(23)9-13)28-20(24)21-14-4-6-17-18(10-14)27-11-26-17/h3-6,9-10,12,19,22-23H,7-8,11H2,1-2H3,(H,21,24)/t12-,19+/m0/s1. The van der Waals surface area contributed by atoms with Crippen LogP contribution in [0.3, 0.4) is 0 Å². The summed E-state index contributed by atoms with van der Waals surface area (Å²) in [5.74, 6) is 1.24. The smallest absolute Gasteiger partial charge is 0.412 e. The maximum absolute atomic E-state index is 12.5. The predicted octanol–water partition coefficient (Wildman–Crippen LogP) is 3.44. The fourth-order valence-electron chi connectivity index (χ4n) is 2.99. The molecular formula is C20H23NO7. The third kappa shape index (κ3) is 4.40. The predicted molar refractivity (Wildman–Crippen MR) is 101 cm³/mol. The lowest BCUT2D eigenvalue weighted by molar-refractivity contribution is 0.0666. The first-order valence-electron chi connectivity index (χ1n) is 8.87. The van der Waals surface area contributed by atoms with Crippen LogP contribution in [0.25, 0.3) is 0 Å². The molecule has 3 rings (SSSR count). The minimum Gasteiger partial charge on any atom is -0.504 e. The summed E-state index contributed by atoms with van der Waals surface area (Å²) in [6.45, 7) is 1.95. The van der Waals surface area contributed by atoms with Crippen LogP contribution >= 0.6 is 0 Å². The van der Waals surface area contributed by atoms with Crippen LogP contribution < -0.4 is 19.5 Å². The maximum atomic E-state index is 12.5. The maximum Gasteiger partial charge on any atom is 0.412 e. The molecule has 0 saturated carbocycles. The summed E-state index contributed by atoms with van der Waals surface area (Å²) in [6.07, 6.45) is -0.906. The Kier molecular flexibility index (Phi) is 6.10. The van der Waals surface area contributed by atoms with Crippen molar-refractivity contribution in [3.63, 3.8) is 0 Å². The van der Waals surface area contributed by atoms with Gasteiger partial charge in [0, 0.05) is 18.4 Å². The number of carbonyl (C=O) groups excluding carboxylic acids is 1. The summed E-state index contributed by atoms with van der Waals surface area (Å²) in [5.41, 5.74) is 1.10. The molecule has 2 aromatic rings. The van der Waals surface area contributed by atoms with E-state index in [0.717, 1.165) is 0 Å². The van der Waals surface area contributed by atoms with Crippen molar-refractivity contribution >= 4 is 11.8 Å². The number of amides is 1. The molecule has 0 bridgehead atoms. The van der Waals surface area contributed by atoms with E-state index in [-0.39, 0.29) is 25.1 Å². The summed E-state index contributed by atoms with van der Waals surface area (Å²) in [6, 6.07) is 9.83. The van der Waals surface area contributed by atoms with Crippen LogP contribution in [0.1, 0.15) is 25.0 Å². The molecule has 0 unspecified atom stereocenters. The molecule has 0 aliphatic carbocycles. The highest BCUT2D eigenvalue weighted by molar-refractivity contribution is 5.85. The van der Waals surface area contributed by atoms with Gasteiger partial charge in [0.1, 0.15) is 6.10 Å². The number of hydrogen-bond acceptors (Lipinski definition) is 7. The average molecular weight is 389 g/mol. The Morgan fingerprint density at radius 2 is 2.00 bits per heavy atom. The zero-order valence-corrected chi connectivity index (χ0v) is 15.7. The van der Waals surface area contributed by atoms with Crippen LogP contribution in [-0.2, 0) is 4.74 Å². The number of hydrogen-bond donors (Lipinski definition) is 3. The highest BCUT2D eigenvalue weighted by Crippen LogP contribution is 2.36. The lowest BCUT2D eigenvalue weighted by Crippen LogP contribution is -2.22. The second-order valence-electron chi connectivity index (χ2n) is 6.44. The van der Waals surface area contributed by atoms with Gasteiger partial charge in [0.25, 0.3) is 0 Å². The lowest BCUT2D eigenvalue weighted by Gasteiger charge is -2.24. The summed E-state index contributed by atoms with van der Waals surface area (Å²) in [5, 5.41) is 22.0. The fourth-order valence-corrected chi connectivity index (χ4v) is 2.99. The largest absolute Gasteiger partial charge is 0.504 e. The number of aliphatic hydroxyl groups is 1. The van der Waals surface area contributed by atoms with E-state index in [1.165, 1.54) is 13.2 Å². The number of aliphatic hydroxyl groups excluding tert-OH is 1. The van der Waals surface area contributed by atoms with Gasteiger partial charge in [0.05, 0.1) is 7.11 Å². The van der Waals surface area contributed by atoms with E-state index in [2.05, 4.69) is 5.32 Å². The third-order valence-corrected chi connectivity index (χ3v) is 4.49. The number of ether oxygens (including phenoxy) is 4. The molecule has 1 heterocycles. The van der Waals surface area contributed by atoms with Gasteiger partial charge < -0.3 is 29.2 Å². The van der Waals surface area contributed by atoms with Crippen LogP contribution in [0.15, 0.2) is 36.4 Å². The van der Waals surface area contributed by atoms with Crippen LogP contribution in [0.2, 0.25) is 0 Å².